The van der Waals surface area contributed by atoms with Gasteiger partial charge in [0.15, 0.2) is 0 Å². The van der Waals surface area contributed by atoms with Crippen molar-refractivity contribution < 1.29 is 17.9 Å². The first-order valence-corrected chi connectivity index (χ1v) is 7.65. The first-order chi connectivity index (χ1) is 9.19. The largest absolute Gasteiger partial charge is 0.399 e. The highest BCUT2D eigenvalue weighted by molar-refractivity contribution is 7.90. The van der Waals surface area contributed by atoms with Crippen LogP contribution in [0.1, 0.15) is 30.6 Å². The normalized spacial score (nSPS) is 17.4. The molecule has 7 heteroatoms. The van der Waals surface area contributed by atoms with Crippen molar-refractivity contribution in [1.82, 2.24) is 4.31 Å². The first-order valence-electron chi connectivity index (χ1n) is 6.21. The molecule has 20 heavy (non-hydrogen) atoms. The van der Waals surface area contributed by atoms with Crippen molar-refractivity contribution in [2.24, 2.45) is 0 Å². The maximum atomic E-state index is 12.4. The lowest BCUT2D eigenvalue weighted by Crippen LogP contribution is -2.35. The van der Waals surface area contributed by atoms with Crippen molar-refractivity contribution in [2.45, 2.75) is 30.8 Å². The molecule has 1 aliphatic heterocycles. The zero-order valence-corrected chi connectivity index (χ0v) is 12.5. The summed E-state index contributed by atoms with van der Waals surface area (Å²) in [4.78, 5) is 12.2. The molecule has 6 nitrogen and oxygen atoms in total. The number of carbonyl (C=O) groups is 1. The van der Waals surface area contributed by atoms with E-state index in [4.69, 9.17) is 10.5 Å². The number of rotatable bonds is 4. The minimum absolute atomic E-state index is 0.0160. The lowest BCUT2D eigenvalue weighted by atomic mass is 10.1. The van der Waals surface area contributed by atoms with Crippen LogP contribution in [0.2, 0.25) is 0 Å². The number of anilines is 1. The van der Waals surface area contributed by atoms with Gasteiger partial charge in [-0.15, -0.1) is 0 Å². The van der Waals surface area contributed by atoms with Gasteiger partial charge in [0.2, 0.25) is 0 Å². The Balaban J connectivity index is 2.33. The SMILES string of the molecule is COC(C)(C)CCN1C(=O)c2ccc(N)cc2S1(=O)=O. The molecular weight excluding hydrogens is 280 g/mol. The molecule has 0 atom stereocenters. The van der Waals surface area contributed by atoms with Crippen LogP contribution in [0.4, 0.5) is 5.69 Å². The monoisotopic (exact) mass is 298 g/mol. The lowest BCUT2D eigenvalue weighted by Gasteiger charge is -2.25. The van der Waals surface area contributed by atoms with E-state index in [1.165, 1.54) is 18.2 Å². The Morgan fingerprint density at radius 2 is 2.00 bits per heavy atom. The van der Waals surface area contributed by atoms with Gasteiger partial charge in [-0.2, -0.15) is 0 Å². The molecule has 2 rings (SSSR count). The standard InChI is InChI=1S/C13H18N2O4S/c1-13(2,19-3)6-7-15-12(16)10-5-4-9(14)8-11(10)20(15,17)18/h4-5,8H,6-7,14H2,1-3H3. The molecule has 0 saturated heterocycles. The van der Waals surface area contributed by atoms with Crippen molar-refractivity contribution >= 4 is 21.6 Å². The molecule has 1 aromatic rings. The summed E-state index contributed by atoms with van der Waals surface area (Å²) in [5.74, 6) is -0.507. The molecule has 2 N–H and O–H groups in total. The topological polar surface area (TPSA) is 89.7 Å². The van der Waals surface area contributed by atoms with Crippen molar-refractivity contribution in [1.29, 1.82) is 0 Å². The number of hydrogen-bond acceptors (Lipinski definition) is 5. The van der Waals surface area contributed by atoms with Gasteiger partial charge in [0.05, 0.1) is 11.2 Å². The van der Waals surface area contributed by atoms with E-state index >= 15 is 0 Å². The predicted molar refractivity (Wildman–Crippen MR) is 74.8 cm³/mol. The quantitative estimate of drug-likeness (QED) is 0.844. The third-order valence-electron chi connectivity index (χ3n) is 3.50. The Kier molecular flexibility index (Phi) is 3.51. The smallest absolute Gasteiger partial charge is 0.269 e. The van der Waals surface area contributed by atoms with Crippen LogP contribution in [0.3, 0.4) is 0 Å². The minimum atomic E-state index is -3.80. The van der Waals surface area contributed by atoms with Crippen LogP contribution in [0, 0.1) is 0 Å². The maximum Gasteiger partial charge on any atom is 0.269 e. The number of carbonyl (C=O) groups excluding carboxylic acids is 1. The number of amides is 1. The van der Waals surface area contributed by atoms with E-state index in [-0.39, 0.29) is 17.0 Å². The molecule has 0 aliphatic carbocycles. The Bertz CT molecular complexity index is 652. The van der Waals surface area contributed by atoms with E-state index in [1.807, 2.05) is 13.8 Å². The van der Waals surface area contributed by atoms with Crippen LogP contribution >= 0.6 is 0 Å². The Hall–Kier alpha value is -1.60. The summed E-state index contributed by atoms with van der Waals surface area (Å²) in [5.41, 5.74) is 5.59. The molecule has 110 valence electrons. The second-order valence-corrected chi connectivity index (χ2v) is 7.18. The third-order valence-corrected chi connectivity index (χ3v) is 5.32. The summed E-state index contributed by atoms with van der Waals surface area (Å²) in [7, 11) is -2.25. The fourth-order valence-electron chi connectivity index (χ4n) is 1.99. The maximum absolute atomic E-state index is 12.4. The van der Waals surface area contributed by atoms with Gasteiger partial charge >= 0.3 is 0 Å². The number of sulfonamides is 1. The summed E-state index contributed by atoms with van der Waals surface area (Å²) in [6.07, 6.45) is 0.415. The molecule has 1 amide bonds. The molecule has 0 radical (unpaired) electrons. The molecule has 0 fully saturated rings. The number of fused-ring (bicyclic) bond motifs is 1. The van der Waals surface area contributed by atoms with E-state index < -0.39 is 21.5 Å². The number of nitrogen functional groups attached to an aromatic ring is 1. The second-order valence-electron chi connectivity index (χ2n) is 5.35. The summed E-state index contributed by atoms with van der Waals surface area (Å²) >= 11 is 0. The second kappa shape index (κ2) is 4.75. The molecule has 1 aromatic carbocycles. The fourth-order valence-corrected chi connectivity index (χ4v) is 3.59. The lowest BCUT2D eigenvalue weighted by molar-refractivity contribution is 0.0125. The van der Waals surface area contributed by atoms with Gasteiger partial charge < -0.3 is 10.5 Å². The Morgan fingerprint density at radius 1 is 1.35 bits per heavy atom. The molecular formula is C13H18N2O4S. The predicted octanol–water partition coefficient (Wildman–Crippen LogP) is 1.23. The summed E-state index contributed by atoms with van der Waals surface area (Å²) in [6, 6.07) is 4.30. The van der Waals surface area contributed by atoms with Crippen molar-refractivity contribution in [3.05, 3.63) is 23.8 Å². The van der Waals surface area contributed by atoms with Crippen LogP contribution in [-0.2, 0) is 14.8 Å². The zero-order chi connectivity index (χ0) is 15.1. The number of methoxy groups -OCH3 is 1. The molecule has 0 spiro atoms. The van der Waals surface area contributed by atoms with E-state index in [1.54, 1.807) is 7.11 Å². The summed E-state index contributed by atoms with van der Waals surface area (Å²) in [6.45, 7) is 3.76. The minimum Gasteiger partial charge on any atom is -0.399 e. The average molecular weight is 298 g/mol. The number of nitrogens with zero attached hydrogens (tertiary/aromatic N) is 1. The number of hydrogen-bond donors (Lipinski definition) is 1. The highest BCUT2D eigenvalue weighted by Gasteiger charge is 2.41. The molecule has 1 heterocycles. The van der Waals surface area contributed by atoms with Crippen LogP contribution in [-0.4, -0.2) is 37.9 Å². The van der Waals surface area contributed by atoms with Crippen LogP contribution in [0.25, 0.3) is 0 Å². The molecule has 0 saturated carbocycles. The van der Waals surface area contributed by atoms with Gasteiger partial charge in [-0.25, -0.2) is 12.7 Å². The van der Waals surface area contributed by atoms with Crippen molar-refractivity contribution in [2.75, 3.05) is 19.4 Å². The van der Waals surface area contributed by atoms with Gasteiger partial charge in [0.1, 0.15) is 4.90 Å². The molecule has 0 aromatic heterocycles. The number of benzene rings is 1. The van der Waals surface area contributed by atoms with Crippen molar-refractivity contribution in [3.63, 3.8) is 0 Å². The highest BCUT2D eigenvalue weighted by Crippen LogP contribution is 2.32. The van der Waals surface area contributed by atoms with Gasteiger partial charge in [-0.3, -0.25) is 4.79 Å². The van der Waals surface area contributed by atoms with E-state index in [2.05, 4.69) is 0 Å². The van der Waals surface area contributed by atoms with Crippen LogP contribution in [0.5, 0.6) is 0 Å². The fraction of sp³-hybridized carbons (Fsp3) is 0.462. The molecule has 0 unspecified atom stereocenters. The third kappa shape index (κ3) is 2.38. The van der Waals surface area contributed by atoms with E-state index in [0.29, 0.717) is 12.1 Å². The van der Waals surface area contributed by atoms with Crippen LogP contribution in [0.15, 0.2) is 23.1 Å². The van der Waals surface area contributed by atoms with Gasteiger partial charge in [-0.05, 0) is 38.5 Å². The number of nitrogens with two attached hydrogens (primary N) is 1. The van der Waals surface area contributed by atoms with Crippen molar-refractivity contribution in [3.8, 4) is 0 Å². The summed E-state index contributed by atoms with van der Waals surface area (Å²) < 4.78 is 30.9. The van der Waals surface area contributed by atoms with E-state index in [9.17, 15) is 13.2 Å². The Labute approximate surface area is 118 Å². The van der Waals surface area contributed by atoms with Gasteiger partial charge in [-0.1, -0.05) is 0 Å². The summed E-state index contributed by atoms with van der Waals surface area (Å²) in [5, 5.41) is 0. The van der Waals surface area contributed by atoms with E-state index in [0.717, 1.165) is 4.31 Å². The first kappa shape index (κ1) is 14.8. The number of ether oxygens (including phenoxy) is 1. The van der Waals surface area contributed by atoms with Crippen LogP contribution < -0.4 is 5.73 Å². The Morgan fingerprint density at radius 3 is 2.60 bits per heavy atom. The molecule has 0 bridgehead atoms. The average Bonchev–Trinajstić information content (AvgIpc) is 2.55. The van der Waals surface area contributed by atoms with Gasteiger partial charge in [0.25, 0.3) is 15.9 Å². The zero-order valence-electron chi connectivity index (χ0n) is 11.7. The highest BCUT2D eigenvalue weighted by atomic mass is 32.2. The molecule has 1 aliphatic rings. The van der Waals surface area contributed by atoms with Gasteiger partial charge in [0, 0.05) is 19.3 Å².